The van der Waals surface area contributed by atoms with Gasteiger partial charge in [-0.3, -0.25) is 4.79 Å². The van der Waals surface area contributed by atoms with Gasteiger partial charge in [-0.25, -0.2) is 0 Å². The van der Waals surface area contributed by atoms with Crippen LogP contribution in [0, 0.1) is 4.91 Å². The highest BCUT2D eigenvalue weighted by Gasteiger charge is 2.31. The molecule has 0 amide bonds. The van der Waals surface area contributed by atoms with Gasteiger partial charge >= 0.3 is 10.0 Å². The molecule has 0 heterocycles. The molecule has 1 aliphatic carbocycles. The largest absolute Gasteiger partial charge is 0.320 e. The molecule has 1 aliphatic rings. The normalized spacial score (nSPS) is 14.8. The summed E-state index contributed by atoms with van der Waals surface area (Å²) < 4.78 is 25.0. The van der Waals surface area contributed by atoms with Crippen molar-refractivity contribution < 1.29 is 13.2 Å². The van der Waals surface area contributed by atoms with Crippen LogP contribution in [0.4, 0.5) is 0 Å². The minimum atomic E-state index is -4.39. The third-order valence-electron chi connectivity index (χ3n) is 3.32. The number of hydrogen-bond donors (Lipinski definition) is 0. The van der Waals surface area contributed by atoms with E-state index in [0.717, 1.165) is 16.3 Å². The standard InChI is InChI=1S/C14H9NO4S/c16-14-12-8-10-4-2-1-3-9(10)7-11(12)5-6-13(14)20(18,19)15-17/h1-4,6-8H,5H2. The van der Waals surface area contributed by atoms with Crippen molar-refractivity contribution in [2.75, 3.05) is 0 Å². The molecule has 0 aromatic heterocycles. The van der Waals surface area contributed by atoms with Gasteiger partial charge in [-0.15, -0.1) is 4.91 Å². The van der Waals surface area contributed by atoms with Crippen molar-refractivity contribution in [3.05, 3.63) is 63.4 Å². The number of benzene rings is 2. The summed E-state index contributed by atoms with van der Waals surface area (Å²) in [6.45, 7) is 0. The fourth-order valence-corrected chi connectivity index (χ4v) is 3.08. The SMILES string of the molecule is O=NS(=O)(=O)C1=CCc2cc3ccccc3cc2C1=O. The lowest BCUT2D eigenvalue weighted by molar-refractivity contribution is 0.103. The Morgan fingerprint density at radius 2 is 1.70 bits per heavy atom. The minimum absolute atomic E-state index is 0.288. The highest BCUT2D eigenvalue weighted by Crippen LogP contribution is 2.29. The molecule has 0 aliphatic heterocycles. The Kier molecular flexibility index (Phi) is 2.76. The summed E-state index contributed by atoms with van der Waals surface area (Å²) in [6, 6.07) is 11.0. The van der Waals surface area contributed by atoms with E-state index in [-0.39, 0.29) is 6.42 Å². The zero-order valence-electron chi connectivity index (χ0n) is 10.2. The maximum atomic E-state index is 12.2. The van der Waals surface area contributed by atoms with E-state index in [1.165, 1.54) is 6.08 Å². The maximum Gasteiger partial charge on any atom is 0.320 e. The van der Waals surface area contributed by atoms with Crippen LogP contribution >= 0.6 is 0 Å². The molecule has 0 bridgehead atoms. The number of Topliss-reactive ketones (excluding diaryl/α,β-unsaturated/α-hetero) is 1. The Balaban J connectivity index is 2.21. The monoisotopic (exact) mass is 287 g/mol. The van der Waals surface area contributed by atoms with Crippen LogP contribution in [0.2, 0.25) is 0 Å². The fourth-order valence-electron chi connectivity index (χ4n) is 2.36. The Morgan fingerprint density at radius 3 is 2.35 bits per heavy atom. The number of allylic oxidation sites excluding steroid dienone is 2. The predicted molar refractivity (Wildman–Crippen MR) is 74.8 cm³/mol. The fraction of sp³-hybridized carbons (Fsp3) is 0.0714. The second-order valence-corrected chi connectivity index (χ2v) is 6.05. The van der Waals surface area contributed by atoms with Gasteiger partial charge in [0.2, 0.25) is 5.78 Å². The molecule has 0 saturated carbocycles. The van der Waals surface area contributed by atoms with Gasteiger partial charge in [0.15, 0.2) is 0 Å². The van der Waals surface area contributed by atoms with E-state index in [2.05, 4.69) is 4.58 Å². The van der Waals surface area contributed by atoms with Crippen molar-refractivity contribution in [1.82, 2.24) is 0 Å². The molecule has 0 fully saturated rings. The van der Waals surface area contributed by atoms with Crippen molar-refractivity contribution in [3.8, 4) is 0 Å². The Hall–Kier alpha value is -2.34. The van der Waals surface area contributed by atoms with Gasteiger partial charge in [0, 0.05) is 5.56 Å². The van der Waals surface area contributed by atoms with Crippen LogP contribution in [0.25, 0.3) is 10.8 Å². The number of nitrogens with zero attached hydrogens (tertiary/aromatic N) is 1. The van der Waals surface area contributed by atoms with Crippen LogP contribution in [0.15, 0.2) is 52.0 Å². The number of hydrogen-bond acceptors (Lipinski definition) is 4. The highest BCUT2D eigenvalue weighted by atomic mass is 32.2. The molecule has 2 aromatic rings. The number of rotatable bonds is 2. The first-order valence-electron chi connectivity index (χ1n) is 5.89. The highest BCUT2D eigenvalue weighted by molar-refractivity contribution is 7.94. The average Bonchev–Trinajstić information content (AvgIpc) is 2.46. The number of carbonyl (C=O) groups is 1. The molecule has 0 N–H and O–H groups in total. The summed E-state index contributed by atoms with van der Waals surface area (Å²) in [5.41, 5.74) is 1.06. The van der Waals surface area contributed by atoms with E-state index < -0.39 is 20.7 Å². The van der Waals surface area contributed by atoms with Gasteiger partial charge in [0.25, 0.3) is 0 Å². The van der Waals surface area contributed by atoms with E-state index in [4.69, 9.17) is 0 Å². The number of carbonyl (C=O) groups excluding carboxylic acids is 1. The lowest BCUT2D eigenvalue weighted by Gasteiger charge is -2.14. The molecule has 0 saturated heterocycles. The van der Waals surface area contributed by atoms with Crippen molar-refractivity contribution in [3.63, 3.8) is 0 Å². The summed E-state index contributed by atoms with van der Waals surface area (Å²) in [4.78, 5) is 22.1. The molecule has 2 aromatic carbocycles. The lowest BCUT2D eigenvalue weighted by atomic mass is 9.92. The molecule has 5 nitrogen and oxygen atoms in total. The first-order chi connectivity index (χ1) is 9.53. The first kappa shape index (κ1) is 12.7. The van der Waals surface area contributed by atoms with Gasteiger partial charge in [0.05, 0.1) is 4.58 Å². The summed E-state index contributed by atoms with van der Waals surface area (Å²) >= 11 is 0. The Morgan fingerprint density at radius 1 is 1.05 bits per heavy atom. The summed E-state index contributed by atoms with van der Waals surface area (Å²) in [5.74, 6) is -0.670. The molecule has 100 valence electrons. The smallest absolute Gasteiger partial charge is 0.288 e. The third-order valence-corrected chi connectivity index (χ3v) is 4.43. The van der Waals surface area contributed by atoms with Crippen LogP contribution in [0.3, 0.4) is 0 Å². The van der Waals surface area contributed by atoms with E-state index >= 15 is 0 Å². The average molecular weight is 287 g/mol. The molecule has 20 heavy (non-hydrogen) atoms. The van der Waals surface area contributed by atoms with E-state index in [1.54, 1.807) is 6.07 Å². The molecule has 3 rings (SSSR count). The van der Waals surface area contributed by atoms with Crippen molar-refractivity contribution >= 4 is 26.6 Å². The van der Waals surface area contributed by atoms with Crippen molar-refractivity contribution in [2.24, 2.45) is 4.58 Å². The van der Waals surface area contributed by atoms with Gasteiger partial charge in [-0.1, -0.05) is 36.4 Å². The van der Waals surface area contributed by atoms with Crippen LogP contribution in [-0.2, 0) is 16.4 Å². The summed E-state index contributed by atoms with van der Waals surface area (Å²) in [6.07, 6.45) is 1.53. The van der Waals surface area contributed by atoms with E-state index in [0.29, 0.717) is 5.56 Å². The van der Waals surface area contributed by atoms with Crippen LogP contribution in [-0.4, -0.2) is 14.2 Å². The summed E-state index contributed by atoms with van der Waals surface area (Å²) in [7, 11) is -4.39. The number of fused-ring (bicyclic) bond motifs is 2. The molecular weight excluding hydrogens is 278 g/mol. The second kappa shape index (κ2) is 4.35. The van der Waals surface area contributed by atoms with E-state index in [9.17, 15) is 18.1 Å². The van der Waals surface area contributed by atoms with Crippen LogP contribution < -0.4 is 0 Å². The van der Waals surface area contributed by atoms with Crippen molar-refractivity contribution in [1.29, 1.82) is 0 Å². The van der Waals surface area contributed by atoms with Gasteiger partial charge in [0.1, 0.15) is 4.91 Å². The van der Waals surface area contributed by atoms with Crippen molar-refractivity contribution in [2.45, 2.75) is 6.42 Å². The Labute approximate surface area is 114 Å². The molecular formula is C14H9NO4S. The van der Waals surface area contributed by atoms with Gasteiger partial charge in [-0.2, -0.15) is 8.42 Å². The quantitative estimate of drug-likeness (QED) is 0.795. The molecule has 6 heteroatoms. The molecule has 0 unspecified atom stereocenters. The molecule has 0 atom stereocenters. The third kappa shape index (κ3) is 1.85. The summed E-state index contributed by atoms with van der Waals surface area (Å²) in [5, 5.41) is 1.82. The number of sulfonamides is 1. The van der Waals surface area contributed by atoms with Gasteiger partial charge in [-0.05, 0) is 28.8 Å². The molecule has 0 spiro atoms. The Bertz CT molecular complexity index is 881. The number of nitroso groups, excluding NO2 is 1. The first-order valence-corrected chi connectivity index (χ1v) is 7.33. The maximum absolute atomic E-state index is 12.2. The lowest BCUT2D eigenvalue weighted by Crippen LogP contribution is -2.17. The zero-order chi connectivity index (χ0) is 14.3. The van der Waals surface area contributed by atoms with Crippen LogP contribution in [0.5, 0.6) is 0 Å². The van der Waals surface area contributed by atoms with Crippen LogP contribution in [0.1, 0.15) is 15.9 Å². The molecule has 0 radical (unpaired) electrons. The second-order valence-electron chi connectivity index (χ2n) is 4.51. The topological polar surface area (TPSA) is 80.6 Å². The minimum Gasteiger partial charge on any atom is -0.288 e. The number of ketones is 1. The predicted octanol–water partition coefficient (Wildman–Crippen LogP) is 2.56. The van der Waals surface area contributed by atoms with E-state index in [1.807, 2.05) is 30.3 Å². The van der Waals surface area contributed by atoms with Gasteiger partial charge < -0.3 is 0 Å². The zero-order valence-corrected chi connectivity index (χ0v) is 11.1.